The molecule has 106 valence electrons. The molecule has 1 heterocycles. The van der Waals surface area contributed by atoms with Crippen molar-refractivity contribution in [1.29, 1.82) is 0 Å². The molecule has 1 saturated heterocycles. The Balaban J connectivity index is 2.24. The van der Waals surface area contributed by atoms with E-state index in [4.69, 9.17) is 19.9 Å². The zero-order valence-corrected chi connectivity index (χ0v) is 11.7. The molecule has 0 bridgehead atoms. The van der Waals surface area contributed by atoms with Gasteiger partial charge < -0.3 is 19.9 Å². The third-order valence-corrected chi connectivity index (χ3v) is 3.79. The summed E-state index contributed by atoms with van der Waals surface area (Å²) in [6.45, 7) is 4.09. The second-order valence-electron chi connectivity index (χ2n) is 4.86. The quantitative estimate of drug-likeness (QED) is 0.887. The lowest BCUT2D eigenvalue weighted by Gasteiger charge is -2.41. The summed E-state index contributed by atoms with van der Waals surface area (Å²) in [4.78, 5) is 0. The number of ether oxygens (including phenoxy) is 3. The molecule has 4 nitrogen and oxygen atoms in total. The lowest BCUT2D eigenvalue weighted by Crippen LogP contribution is -2.48. The fourth-order valence-electron chi connectivity index (χ4n) is 2.69. The molecule has 19 heavy (non-hydrogen) atoms. The van der Waals surface area contributed by atoms with Gasteiger partial charge in [0.1, 0.15) is 5.75 Å². The van der Waals surface area contributed by atoms with Crippen LogP contribution >= 0.6 is 0 Å². The van der Waals surface area contributed by atoms with Crippen LogP contribution in [-0.2, 0) is 9.47 Å². The van der Waals surface area contributed by atoms with E-state index in [-0.39, 0.29) is 11.6 Å². The van der Waals surface area contributed by atoms with E-state index in [0.29, 0.717) is 19.8 Å². The number of hydrogen-bond acceptors (Lipinski definition) is 4. The van der Waals surface area contributed by atoms with Crippen molar-refractivity contribution in [3.05, 3.63) is 29.8 Å². The van der Waals surface area contributed by atoms with Crippen LogP contribution in [-0.4, -0.2) is 32.5 Å². The summed E-state index contributed by atoms with van der Waals surface area (Å²) >= 11 is 0. The van der Waals surface area contributed by atoms with Crippen molar-refractivity contribution in [2.75, 3.05) is 26.9 Å². The zero-order chi connectivity index (χ0) is 13.7. The molecule has 1 aromatic carbocycles. The van der Waals surface area contributed by atoms with E-state index in [2.05, 4.69) is 0 Å². The van der Waals surface area contributed by atoms with Gasteiger partial charge in [0.15, 0.2) is 0 Å². The van der Waals surface area contributed by atoms with Crippen molar-refractivity contribution in [3.63, 3.8) is 0 Å². The van der Waals surface area contributed by atoms with Gasteiger partial charge in [0.2, 0.25) is 0 Å². The topological polar surface area (TPSA) is 53.7 Å². The normalized spacial score (nSPS) is 19.9. The van der Waals surface area contributed by atoms with Gasteiger partial charge in [0.05, 0.1) is 18.8 Å². The Labute approximate surface area is 114 Å². The molecule has 1 aromatic rings. The van der Waals surface area contributed by atoms with E-state index >= 15 is 0 Å². The first-order chi connectivity index (χ1) is 9.22. The summed E-state index contributed by atoms with van der Waals surface area (Å²) in [7, 11) is 1.66. The molecule has 1 atom stereocenters. The lowest BCUT2D eigenvalue weighted by atomic mass is 9.82. The first-order valence-electron chi connectivity index (χ1n) is 6.83. The van der Waals surface area contributed by atoms with Crippen molar-refractivity contribution in [2.45, 2.75) is 31.4 Å². The first kappa shape index (κ1) is 14.3. The summed E-state index contributed by atoms with van der Waals surface area (Å²) in [6, 6.07) is 7.75. The number of benzene rings is 1. The maximum Gasteiger partial charge on any atom is 0.119 e. The molecule has 1 fully saturated rings. The molecule has 0 radical (unpaired) electrons. The average molecular weight is 265 g/mol. The Hall–Kier alpha value is -1.10. The second-order valence-corrected chi connectivity index (χ2v) is 4.86. The van der Waals surface area contributed by atoms with Crippen molar-refractivity contribution in [2.24, 2.45) is 5.73 Å². The fraction of sp³-hybridized carbons (Fsp3) is 0.600. The van der Waals surface area contributed by atoms with Crippen molar-refractivity contribution >= 4 is 0 Å². The number of nitrogens with two attached hydrogens (primary N) is 1. The molecule has 2 rings (SSSR count). The molecule has 0 saturated carbocycles. The van der Waals surface area contributed by atoms with Crippen LogP contribution in [0.4, 0.5) is 0 Å². The van der Waals surface area contributed by atoms with Crippen LogP contribution in [0.5, 0.6) is 5.75 Å². The summed E-state index contributed by atoms with van der Waals surface area (Å²) < 4.78 is 16.7. The second kappa shape index (κ2) is 6.37. The predicted octanol–water partition coefficient (Wildman–Crippen LogP) is 2.28. The number of methoxy groups -OCH3 is 1. The molecule has 0 spiro atoms. The minimum absolute atomic E-state index is 0.161. The largest absolute Gasteiger partial charge is 0.497 e. The van der Waals surface area contributed by atoms with Gasteiger partial charge in [0.25, 0.3) is 0 Å². The Morgan fingerprint density at radius 3 is 2.74 bits per heavy atom. The third-order valence-electron chi connectivity index (χ3n) is 3.79. The molecule has 0 aromatic heterocycles. The predicted molar refractivity (Wildman–Crippen MR) is 74.3 cm³/mol. The number of hydrogen-bond donors (Lipinski definition) is 1. The summed E-state index contributed by atoms with van der Waals surface area (Å²) in [6.07, 6.45) is 1.67. The van der Waals surface area contributed by atoms with Gasteiger partial charge in [-0.2, -0.15) is 0 Å². The van der Waals surface area contributed by atoms with Gasteiger partial charge in [0, 0.05) is 32.7 Å². The van der Waals surface area contributed by atoms with Gasteiger partial charge in [-0.05, 0) is 24.6 Å². The molecule has 1 unspecified atom stereocenters. The van der Waals surface area contributed by atoms with E-state index in [1.54, 1.807) is 7.11 Å². The van der Waals surface area contributed by atoms with E-state index in [1.165, 1.54) is 0 Å². The molecule has 0 aliphatic carbocycles. The van der Waals surface area contributed by atoms with Crippen LogP contribution in [0, 0.1) is 0 Å². The molecule has 4 heteroatoms. The Bertz CT molecular complexity index is 397. The minimum Gasteiger partial charge on any atom is -0.497 e. The number of rotatable bonds is 5. The SMILES string of the molecule is CCOC1(C(N)c2cccc(OC)c2)CCOCC1. The molecule has 2 N–H and O–H groups in total. The van der Waals surface area contributed by atoms with Crippen molar-refractivity contribution in [1.82, 2.24) is 0 Å². The van der Waals surface area contributed by atoms with Crippen LogP contribution in [0.25, 0.3) is 0 Å². The van der Waals surface area contributed by atoms with Gasteiger partial charge >= 0.3 is 0 Å². The maximum absolute atomic E-state index is 6.48. The highest BCUT2D eigenvalue weighted by molar-refractivity contribution is 5.32. The highest BCUT2D eigenvalue weighted by Crippen LogP contribution is 2.37. The summed E-state index contributed by atoms with van der Waals surface area (Å²) in [5.41, 5.74) is 7.21. The van der Waals surface area contributed by atoms with E-state index in [9.17, 15) is 0 Å². The Morgan fingerprint density at radius 1 is 1.37 bits per heavy atom. The standard InChI is InChI=1S/C15H23NO3/c1-3-19-15(7-9-18-10-8-15)14(16)12-5-4-6-13(11-12)17-2/h4-6,11,14H,3,7-10,16H2,1-2H3. The van der Waals surface area contributed by atoms with Crippen LogP contribution in [0.1, 0.15) is 31.4 Å². The van der Waals surface area contributed by atoms with Crippen LogP contribution in [0.15, 0.2) is 24.3 Å². The lowest BCUT2D eigenvalue weighted by molar-refractivity contribution is -0.121. The highest BCUT2D eigenvalue weighted by Gasteiger charge is 2.40. The average Bonchev–Trinajstić information content (AvgIpc) is 2.48. The van der Waals surface area contributed by atoms with Gasteiger partial charge in [-0.25, -0.2) is 0 Å². The Kier molecular flexibility index (Phi) is 4.80. The molecular weight excluding hydrogens is 242 g/mol. The Morgan fingerprint density at radius 2 is 2.11 bits per heavy atom. The molecule has 1 aliphatic rings. The van der Waals surface area contributed by atoms with E-state index in [0.717, 1.165) is 24.2 Å². The van der Waals surface area contributed by atoms with Crippen molar-refractivity contribution in [3.8, 4) is 5.75 Å². The van der Waals surface area contributed by atoms with Crippen LogP contribution in [0.2, 0.25) is 0 Å². The monoisotopic (exact) mass is 265 g/mol. The van der Waals surface area contributed by atoms with Gasteiger partial charge in [-0.15, -0.1) is 0 Å². The van der Waals surface area contributed by atoms with E-state index in [1.807, 2.05) is 31.2 Å². The van der Waals surface area contributed by atoms with Crippen LogP contribution in [0.3, 0.4) is 0 Å². The smallest absolute Gasteiger partial charge is 0.119 e. The fourth-order valence-corrected chi connectivity index (χ4v) is 2.69. The molecule has 1 aliphatic heterocycles. The van der Waals surface area contributed by atoms with E-state index < -0.39 is 0 Å². The zero-order valence-electron chi connectivity index (χ0n) is 11.7. The molecule has 0 amide bonds. The summed E-state index contributed by atoms with van der Waals surface area (Å²) in [5, 5.41) is 0. The van der Waals surface area contributed by atoms with Crippen LogP contribution < -0.4 is 10.5 Å². The maximum atomic E-state index is 6.48. The highest BCUT2D eigenvalue weighted by atomic mass is 16.5. The van der Waals surface area contributed by atoms with Crippen molar-refractivity contribution < 1.29 is 14.2 Å². The minimum atomic E-state index is -0.320. The van der Waals surface area contributed by atoms with Gasteiger partial charge in [-0.3, -0.25) is 0 Å². The first-order valence-corrected chi connectivity index (χ1v) is 6.83. The molecular formula is C15H23NO3. The van der Waals surface area contributed by atoms with Gasteiger partial charge in [-0.1, -0.05) is 12.1 Å². The summed E-state index contributed by atoms with van der Waals surface area (Å²) in [5.74, 6) is 0.826. The third kappa shape index (κ3) is 3.08.